The lowest BCUT2D eigenvalue weighted by Crippen LogP contribution is -2.30. The van der Waals surface area contributed by atoms with Crippen molar-refractivity contribution in [1.29, 1.82) is 0 Å². The number of benzene rings is 4. The van der Waals surface area contributed by atoms with E-state index in [1.807, 2.05) is 24.3 Å². The van der Waals surface area contributed by atoms with Gasteiger partial charge in [0.1, 0.15) is 11.4 Å². The molecule has 0 aliphatic rings. The molecular formula is C34H31Cl2N3O4S. The van der Waals surface area contributed by atoms with E-state index in [-0.39, 0.29) is 22.4 Å². The molecule has 0 spiro atoms. The molecule has 0 radical (unpaired) electrons. The van der Waals surface area contributed by atoms with Crippen LogP contribution >= 0.6 is 35.0 Å². The van der Waals surface area contributed by atoms with E-state index in [1.165, 1.54) is 17.8 Å². The summed E-state index contributed by atoms with van der Waals surface area (Å²) in [5, 5.41) is 8.94. The number of nitrogens with one attached hydrogen (secondary N) is 3. The first-order valence-corrected chi connectivity index (χ1v) is 15.7. The van der Waals surface area contributed by atoms with Crippen LogP contribution in [0.15, 0.2) is 108 Å². The number of carbonyl (C=O) groups excluding carboxylic acids is 3. The smallest absolute Gasteiger partial charge is 0.272 e. The van der Waals surface area contributed by atoms with Crippen LogP contribution in [-0.4, -0.2) is 30.1 Å². The fourth-order valence-corrected chi connectivity index (χ4v) is 4.94. The first kappa shape index (κ1) is 32.7. The lowest BCUT2D eigenvalue weighted by atomic mass is 10.1. The highest BCUT2D eigenvalue weighted by Gasteiger charge is 2.16. The van der Waals surface area contributed by atoms with E-state index in [0.717, 1.165) is 23.5 Å². The number of hydrogen-bond acceptors (Lipinski definition) is 5. The summed E-state index contributed by atoms with van der Waals surface area (Å²) >= 11 is 13.9. The number of ether oxygens (including phenoxy) is 1. The molecule has 0 aromatic heterocycles. The number of carbonyl (C=O) groups is 3. The summed E-state index contributed by atoms with van der Waals surface area (Å²) < 4.78 is 5.65. The molecule has 0 bridgehead atoms. The zero-order chi connectivity index (χ0) is 31.3. The van der Waals surface area contributed by atoms with Gasteiger partial charge >= 0.3 is 0 Å². The average molecular weight is 649 g/mol. The maximum absolute atomic E-state index is 13.3. The number of amides is 3. The van der Waals surface area contributed by atoms with Crippen molar-refractivity contribution in [2.24, 2.45) is 0 Å². The summed E-state index contributed by atoms with van der Waals surface area (Å²) in [5.41, 5.74) is 2.04. The molecule has 0 fully saturated rings. The Hall–Kier alpha value is -4.24. The van der Waals surface area contributed by atoms with Gasteiger partial charge in [0.2, 0.25) is 5.91 Å². The van der Waals surface area contributed by atoms with E-state index in [2.05, 4.69) is 22.9 Å². The zero-order valence-corrected chi connectivity index (χ0v) is 26.3. The van der Waals surface area contributed by atoms with Crippen LogP contribution in [0.3, 0.4) is 0 Å². The van der Waals surface area contributed by atoms with Gasteiger partial charge in [0.05, 0.1) is 22.4 Å². The predicted molar refractivity (Wildman–Crippen MR) is 180 cm³/mol. The Morgan fingerprint density at radius 1 is 0.818 bits per heavy atom. The van der Waals surface area contributed by atoms with E-state index in [9.17, 15) is 14.4 Å². The van der Waals surface area contributed by atoms with Gasteiger partial charge in [0.25, 0.3) is 11.8 Å². The van der Waals surface area contributed by atoms with Gasteiger partial charge in [0, 0.05) is 21.8 Å². The molecule has 0 atom stereocenters. The third kappa shape index (κ3) is 9.91. The van der Waals surface area contributed by atoms with Crippen LogP contribution in [0.5, 0.6) is 5.75 Å². The Kier molecular flexibility index (Phi) is 12.3. The Bertz CT molecular complexity index is 1610. The Morgan fingerprint density at radius 2 is 1.50 bits per heavy atom. The third-order valence-electron chi connectivity index (χ3n) is 6.20. The summed E-state index contributed by atoms with van der Waals surface area (Å²) in [5.74, 6) is -0.166. The normalized spacial score (nSPS) is 11.0. The first-order chi connectivity index (χ1) is 21.3. The molecule has 226 valence electrons. The maximum atomic E-state index is 13.3. The molecule has 0 aliphatic heterocycles. The molecule has 3 N–H and O–H groups in total. The van der Waals surface area contributed by atoms with Crippen molar-refractivity contribution in [3.63, 3.8) is 0 Å². The minimum Gasteiger partial charge on any atom is -0.494 e. The largest absolute Gasteiger partial charge is 0.494 e. The van der Waals surface area contributed by atoms with Gasteiger partial charge in [-0.15, -0.1) is 11.8 Å². The molecule has 44 heavy (non-hydrogen) atoms. The monoisotopic (exact) mass is 647 g/mol. The highest BCUT2D eigenvalue weighted by molar-refractivity contribution is 8.00. The standard InChI is InChI=1S/C34H31Cl2N3O4S/c1-2-3-20-43-27-16-12-25(13-17-27)37-31(40)22-44-28-18-14-26(15-19-28)38-34(42)30(21-24-10-7-11-29(35)32(24)36)39-33(41)23-8-5-4-6-9-23/h4-19,21H,2-3,20,22H2,1H3,(H,37,40)(H,38,42)(H,39,41)/b30-21-. The topological polar surface area (TPSA) is 96.5 Å². The number of hydrogen-bond donors (Lipinski definition) is 3. The molecule has 0 heterocycles. The van der Waals surface area contributed by atoms with Gasteiger partial charge in [-0.25, -0.2) is 0 Å². The fourth-order valence-electron chi connectivity index (χ4n) is 3.88. The second-order valence-corrected chi connectivity index (χ2v) is 11.4. The summed E-state index contributed by atoms with van der Waals surface area (Å²) in [6.07, 6.45) is 3.53. The van der Waals surface area contributed by atoms with Gasteiger partial charge < -0.3 is 20.7 Å². The minimum absolute atomic E-state index is 0.0151. The van der Waals surface area contributed by atoms with Gasteiger partial charge in [-0.05, 0) is 84.8 Å². The van der Waals surface area contributed by atoms with Crippen molar-refractivity contribution in [3.8, 4) is 5.75 Å². The molecule has 0 saturated carbocycles. The van der Waals surface area contributed by atoms with E-state index < -0.39 is 11.8 Å². The van der Waals surface area contributed by atoms with Gasteiger partial charge in [0.15, 0.2) is 0 Å². The van der Waals surface area contributed by atoms with E-state index in [0.29, 0.717) is 34.1 Å². The summed E-state index contributed by atoms with van der Waals surface area (Å²) in [6, 6.07) is 27.9. The fraction of sp³-hybridized carbons (Fsp3) is 0.147. The number of anilines is 2. The van der Waals surface area contributed by atoms with Crippen LogP contribution in [0.4, 0.5) is 11.4 Å². The Balaban J connectivity index is 1.36. The molecule has 0 unspecified atom stereocenters. The highest BCUT2D eigenvalue weighted by atomic mass is 35.5. The van der Waals surface area contributed by atoms with Crippen molar-refractivity contribution >= 4 is 70.1 Å². The molecule has 0 aliphatic carbocycles. The average Bonchev–Trinajstić information content (AvgIpc) is 3.04. The van der Waals surface area contributed by atoms with E-state index >= 15 is 0 Å². The number of rotatable bonds is 13. The molecule has 3 amide bonds. The lowest BCUT2D eigenvalue weighted by Gasteiger charge is -2.12. The third-order valence-corrected chi connectivity index (χ3v) is 8.04. The molecule has 0 saturated heterocycles. The van der Waals surface area contributed by atoms with Crippen molar-refractivity contribution < 1.29 is 19.1 Å². The number of halogens is 2. The second-order valence-electron chi connectivity index (χ2n) is 9.56. The maximum Gasteiger partial charge on any atom is 0.272 e. The molecule has 4 aromatic carbocycles. The van der Waals surface area contributed by atoms with Crippen molar-refractivity contribution in [2.45, 2.75) is 24.7 Å². The quantitative estimate of drug-likeness (QED) is 0.0770. The second kappa shape index (κ2) is 16.6. The SMILES string of the molecule is CCCCOc1ccc(NC(=O)CSc2ccc(NC(=O)/C(=C/c3cccc(Cl)c3Cl)NC(=O)c3ccccc3)cc2)cc1. The van der Waals surface area contributed by atoms with Crippen molar-refractivity contribution in [2.75, 3.05) is 23.0 Å². The van der Waals surface area contributed by atoms with Crippen molar-refractivity contribution in [3.05, 3.63) is 124 Å². The van der Waals surface area contributed by atoms with Crippen molar-refractivity contribution in [1.82, 2.24) is 5.32 Å². The molecule has 10 heteroatoms. The zero-order valence-electron chi connectivity index (χ0n) is 23.9. The predicted octanol–water partition coefficient (Wildman–Crippen LogP) is 8.31. The summed E-state index contributed by atoms with van der Waals surface area (Å²) in [6.45, 7) is 2.78. The highest BCUT2D eigenvalue weighted by Crippen LogP contribution is 2.27. The molecule has 4 aromatic rings. The first-order valence-electron chi connectivity index (χ1n) is 13.9. The molecule has 7 nitrogen and oxygen atoms in total. The van der Waals surface area contributed by atoms with E-state index in [4.69, 9.17) is 27.9 Å². The van der Waals surface area contributed by atoms with Crippen LogP contribution in [0.25, 0.3) is 6.08 Å². The van der Waals surface area contributed by atoms with Gasteiger partial charge in [-0.3, -0.25) is 14.4 Å². The Morgan fingerprint density at radius 3 is 2.20 bits per heavy atom. The van der Waals surface area contributed by atoms with Crippen LogP contribution in [0, 0.1) is 0 Å². The van der Waals surface area contributed by atoms with E-state index in [1.54, 1.807) is 72.8 Å². The molecular weight excluding hydrogens is 617 g/mol. The van der Waals surface area contributed by atoms with Crippen LogP contribution in [0.1, 0.15) is 35.7 Å². The van der Waals surface area contributed by atoms with Crippen LogP contribution < -0.4 is 20.7 Å². The number of thioether (sulfide) groups is 1. The Labute approximate surface area is 271 Å². The number of unbranched alkanes of at least 4 members (excludes halogenated alkanes) is 1. The van der Waals surface area contributed by atoms with Crippen LogP contribution in [0.2, 0.25) is 10.0 Å². The van der Waals surface area contributed by atoms with Crippen LogP contribution in [-0.2, 0) is 9.59 Å². The molecule has 4 rings (SSSR count). The lowest BCUT2D eigenvalue weighted by molar-refractivity contribution is -0.114. The van der Waals surface area contributed by atoms with Gasteiger partial charge in [-0.1, -0.05) is 66.9 Å². The summed E-state index contributed by atoms with van der Waals surface area (Å²) in [4.78, 5) is 39.5. The van der Waals surface area contributed by atoms with Gasteiger partial charge in [-0.2, -0.15) is 0 Å². The summed E-state index contributed by atoms with van der Waals surface area (Å²) in [7, 11) is 0. The minimum atomic E-state index is -0.549.